The minimum atomic E-state index is -5.08. The number of benzene rings is 1. The summed E-state index contributed by atoms with van der Waals surface area (Å²) in [6.07, 6.45) is -3.71. The lowest BCUT2D eigenvalue weighted by molar-refractivity contribution is -0.192. The highest BCUT2D eigenvalue weighted by atomic mass is 19.4. The number of carboxylic acids is 1. The first-order valence-electron chi connectivity index (χ1n) is 9.95. The van der Waals surface area contributed by atoms with E-state index in [2.05, 4.69) is 22.5 Å². The quantitative estimate of drug-likeness (QED) is 0.651. The predicted octanol–water partition coefficient (Wildman–Crippen LogP) is 2.45. The zero-order valence-electron chi connectivity index (χ0n) is 17.5. The Hall–Kier alpha value is -2.82. The van der Waals surface area contributed by atoms with Crippen LogP contribution in [-0.4, -0.2) is 77.3 Å². The molecular weight excluding hydrogens is 417 g/mol. The highest BCUT2D eigenvalue weighted by molar-refractivity contribution is 5.91. The van der Waals surface area contributed by atoms with Crippen molar-refractivity contribution in [3.8, 4) is 0 Å². The van der Waals surface area contributed by atoms with Gasteiger partial charge in [0.2, 0.25) is 5.91 Å². The summed E-state index contributed by atoms with van der Waals surface area (Å²) >= 11 is 0. The number of rotatable bonds is 2. The number of likely N-dealkylation sites (tertiary alicyclic amines) is 1. The number of piperidine rings is 1. The van der Waals surface area contributed by atoms with E-state index in [0.29, 0.717) is 32.5 Å². The summed E-state index contributed by atoms with van der Waals surface area (Å²) in [5.74, 6) is -2.64. The molecule has 0 radical (unpaired) electrons. The maximum atomic E-state index is 12.5. The van der Waals surface area contributed by atoms with Crippen LogP contribution in [0.4, 0.5) is 23.7 Å². The number of nitrogens with one attached hydrogen (secondary N) is 2. The first-order valence-corrected chi connectivity index (χ1v) is 9.95. The molecule has 3 rings (SSSR count). The van der Waals surface area contributed by atoms with Crippen LogP contribution in [-0.2, 0) is 9.59 Å². The van der Waals surface area contributed by atoms with Gasteiger partial charge in [-0.1, -0.05) is 19.1 Å². The smallest absolute Gasteiger partial charge is 0.475 e. The Balaban J connectivity index is 0.000000423. The van der Waals surface area contributed by atoms with Gasteiger partial charge in [-0.15, -0.1) is 0 Å². The number of likely N-dealkylation sites (N-methyl/N-ethyl adjacent to an activating group) is 1. The molecule has 11 heteroatoms. The van der Waals surface area contributed by atoms with Crippen molar-refractivity contribution in [3.63, 3.8) is 0 Å². The molecule has 172 valence electrons. The number of carboxylic acid groups (broad SMARTS) is 1. The number of hydrogen-bond donors (Lipinski definition) is 3. The van der Waals surface area contributed by atoms with Gasteiger partial charge in [0.05, 0.1) is 0 Å². The molecule has 1 spiro atoms. The molecule has 2 aliphatic heterocycles. The molecule has 2 heterocycles. The van der Waals surface area contributed by atoms with Crippen LogP contribution in [0.5, 0.6) is 0 Å². The first kappa shape index (κ1) is 24.4. The van der Waals surface area contributed by atoms with Crippen LogP contribution in [0.25, 0.3) is 0 Å². The minimum absolute atomic E-state index is 0.0882. The van der Waals surface area contributed by atoms with Gasteiger partial charge in [-0.3, -0.25) is 9.69 Å². The van der Waals surface area contributed by atoms with E-state index >= 15 is 0 Å². The minimum Gasteiger partial charge on any atom is -0.475 e. The molecule has 0 aliphatic carbocycles. The Morgan fingerprint density at radius 1 is 1.23 bits per heavy atom. The van der Waals surface area contributed by atoms with Gasteiger partial charge in [0.15, 0.2) is 0 Å². The van der Waals surface area contributed by atoms with Gasteiger partial charge in [-0.25, -0.2) is 9.59 Å². The fraction of sp³-hybridized carbons (Fsp3) is 0.550. The first-order chi connectivity index (χ1) is 14.5. The van der Waals surface area contributed by atoms with Crippen molar-refractivity contribution in [1.82, 2.24) is 15.1 Å². The SMILES string of the molecule is CCN1CCNC(=O)C12CCN(C(=O)Nc1cccc(C)c1)CC2.O=C(O)C(F)(F)F. The number of piperazine rings is 1. The number of urea groups is 1. The Labute approximate surface area is 178 Å². The highest BCUT2D eigenvalue weighted by Gasteiger charge is 2.47. The average Bonchev–Trinajstić information content (AvgIpc) is 2.70. The monoisotopic (exact) mass is 444 g/mol. The van der Waals surface area contributed by atoms with Gasteiger partial charge in [0, 0.05) is 31.9 Å². The van der Waals surface area contributed by atoms with E-state index in [9.17, 15) is 22.8 Å². The molecule has 0 bridgehead atoms. The maximum Gasteiger partial charge on any atom is 0.490 e. The molecule has 2 saturated heterocycles. The van der Waals surface area contributed by atoms with E-state index in [0.717, 1.165) is 24.3 Å². The molecule has 1 aromatic rings. The second-order valence-electron chi connectivity index (χ2n) is 7.46. The summed E-state index contributed by atoms with van der Waals surface area (Å²) in [7, 11) is 0. The highest BCUT2D eigenvalue weighted by Crippen LogP contribution is 2.31. The van der Waals surface area contributed by atoms with E-state index in [1.54, 1.807) is 0 Å². The fourth-order valence-electron chi connectivity index (χ4n) is 3.84. The number of alkyl halides is 3. The molecule has 2 fully saturated rings. The lowest BCUT2D eigenvalue weighted by Gasteiger charge is -2.49. The lowest BCUT2D eigenvalue weighted by atomic mass is 9.83. The number of hydrogen-bond acceptors (Lipinski definition) is 4. The summed E-state index contributed by atoms with van der Waals surface area (Å²) in [5.41, 5.74) is 1.49. The third-order valence-corrected chi connectivity index (χ3v) is 5.47. The van der Waals surface area contributed by atoms with Crippen LogP contribution in [0, 0.1) is 6.92 Å². The average molecular weight is 444 g/mol. The van der Waals surface area contributed by atoms with Crippen LogP contribution in [0.15, 0.2) is 24.3 Å². The predicted molar refractivity (Wildman–Crippen MR) is 108 cm³/mol. The van der Waals surface area contributed by atoms with E-state index < -0.39 is 17.7 Å². The summed E-state index contributed by atoms with van der Waals surface area (Å²) in [6, 6.07) is 7.69. The number of carbonyl (C=O) groups is 3. The largest absolute Gasteiger partial charge is 0.490 e. The van der Waals surface area contributed by atoms with Crippen molar-refractivity contribution in [2.24, 2.45) is 0 Å². The second-order valence-corrected chi connectivity index (χ2v) is 7.46. The number of aryl methyl sites for hydroxylation is 1. The molecule has 3 amide bonds. The summed E-state index contributed by atoms with van der Waals surface area (Å²) < 4.78 is 31.7. The molecule has 0 aromatic heterocycles. The van der Waals surface area contributed by atoms with Crippen LogP contribution in [0.2, 0.25) is 0 Å². The second kappa shape index (κ2) is 9.99. The molecule has 8 nitrogen and oxygen atoms in total. The summed E-state index contributed by atoms with van der Waals surface area (Å²) in [6.45, 7) is 7.76. The van der Waals surface area contributed by atoms with Crippen molar-refractivity contribution in [2.75, 3.05) is 38.0 Å². The van der Waals surface area contributed by atoms with Gasteiger partial charge in [0.25, 0.3) is 0 Å². The third-order valence-electron chi connectivity index (χ3n) is 5.47. The van der Waals surface area contributed by atoms with Gasteiger partial charge >= 0.3 is 18.2 Å². The number of nitrogens with zero attached hydrogens (tertiary/aromatic N) is 2. The Kier molecular flexibility index (Phi) is 7.88. The fourth-order valence-corrected chi connectivity index (χ4v) is 3.84. The van der Waals surface area contributed by atoms with Crippen LogP contribution >= 0.6 is 0 Å². The molecule has 31 heavy (non-hydrogen) atoms. The molecular formula is C20H27F3N4O4. The molecule has 2 aliphatic rings. The molecule has 1 aromatic carbocycles. The van der Waals surface area contributed by atoms with Crippen molar-refractivity contribution < 1.29 is 32.7 Å². The van der Waals surface area contributed by atoms with E-state index in [4.69, 9.17) is 9.90 Å². The molecule has 3 N–H and O–H groups in total. The van der Waals surface area contributed by atoms with E-state index in [1.165, 1.54) is 0 Å². The van der Waals surface area contributed by atoms with E-state index in [1.807, 2.05) is 36.1 Å². The van der Waals surface area contributed by atoms with Crippen LogP contribution in [0.3, 0.4) is 0 Å². The zero-order valence-corrected chi connectivity index (χ0v) is 17.5. The number of aliphatic carboxylic acids is 1. The Morgan fingerprint density at radius 3 is 2.35 bits per heavy atom. The number of carbonyl (C=O) groups excluding carboxylic acids is 2. The van der Waals surface area contributed by atoms with Crippen LogP contribution < -0.4 is 10.6 Å². The lowest BCUT2D eigenvalue weighted by Crippen LogP contribution is -2.68. The molecule has 0 unspecified atom stereocenters. The summed E-state index contributed by atoms with van der Waals surface area (Å²) in [5, 5.41) is 13.1. The summed E-state index contributed by atoms with van der Waals surface area (Å²) in [4.78, 5) is 37.9. The Bertz CT molecular complexity index is 808. The van der Waals surface area contributed by atoms with Gasteiger partial charge < -0.3 is 20.6 Å². The van der Waals surface area contributed by atoms with E-state index in [-0.39, 0.29) is 11.9 Å². The van der Waals surface area contributed by atoms with Gasteiger partial charge in [-0.05, 0) is 44.0 Å². The topological polar surface area (TPSA) is 102 Å². The number of anilines is 1. The zero-order chi connectivity index (χ0) is 23.2. The van der Waals surface area contributed by atoms with Gasteiger partial charge in [0.1, 0.15) is 5.54 Å². The van der Waals surface area contributed by atoms with Crippen molar-refractivity contribution in [1.29, 1.82) is 0 Å². The molecule has 0 atom stereocenters. The third kappa shape index (κ3) is 6.09. The van der Waals surface area contributed by atoms with Crippen molar-refractivity contribution in [2.45, 2.75) is 38.4 Å². The van der Waals surface area contributed by atoms with Crippen molar-refractivity contribution in [3.05, 3.63) is 29.8 Å². The molecule has 0 saturated carbocycles. The van der Waals surface area contributed by atoms with Gasteiger partial charge in [-0.2, -0.15) is 13.2 Å². The Morgan fingerprint density at radius 2 is 1.84 bits per heavy atom. The van der Waals surface area contributed by atoms with Crippen LogP contribution in [0.1, 0.15) is 25.3 Å². The number of halogens is 3. The standard InChI is InChI=1S/C18H26N4O2.C2HF3O2/c1-3-22-12-9-19-16(23)18(22)7-10-21(11-8-18)17(24)20-15-6-4-5-14(2)13-15;3-2(4,5)1(6)7/h4-6,13H,3,7-12H2,1-2H3,(H,19,23)(H,20,24);(H,6,7). The number of amides is 3. The normalized spacial score (nSPS) is 18.6. The van der Waals surface area contributed by atoms with Crippen molar-refractivity contribution >= 4 is 23.6 Å². The maximum absolute atomic E-state index is 12.5.